The minimum Gasteiger partial charge on any atom is -0.357 e. The maximum absolute atomic E-state index is 5.98. The molecular formula is C16H20ClN5O. The summed E-state index contributed by atoms with van der Waals surface area (Å²) in [5.41, 5.74) is 0.829. The lowest BCUT2D eigenvalue weighted by Crippen LogP contribution is -2.38. The molecule has 0 unspecified atom stereocenters. The highest BCUT2D eigenvalue weighted by Crippen LogP contribution is 2.27. The van der Waals surface area contributed by atoms with Crippen molar-refractivity contribution in [1.29, 1.82) is 0 Å². The highest BCUT2D eigenvalue weighted by Gasteiger charge is 2.21. The number of benzene rings is 1. The summed E-state index contributed by atoms with van der Waals surface area (Å²) in [5, 5.41) is 11.2. The number of rotatable bonds is 6. The average molecular weight is 334 g/mol. The fourth-order valence-corrected chi connectivity index (χ4v) is 2.31. The highest BCUT2D eigenvalue weighted by molar-refractivity contribution is 6.30. The van der Waals surface area contributed by atoms with Crippen LogP contribution in [0, 0.1) is 5.92 Å². The average Bonchev–Trinajstić information content (AvgIpc) is 3.26. The number of aliphatic imine (C=N–C) groups is 1. The first-order valence-corrected chi connectivity index (χ1v) is 8.23. The van der Waals surface area contributed by atoms with Gasteiger partial charge in [0.15, 0.2) is 5.96 Å². The van der Waals surface area contributed by atoms with Gasteiger partial charge in [-0.1, -0.05) is 28.9 Å². The number of aromatic nitrogens is 2. The first-order chi connectivity index (χ1) is 11.2. The molecule has 1 aromatic heterocycles. The fraction of sp³-hybridized carbons (Fsp3) is 0.438. The van der Waals surface area contributed by atoms with Crippen molar-refractivity contribution in [1.82, 2.24) is 20.8 Å². The van der Waals surface area contributed by atoms with Crippen LogP contribution >= 0.6 is 11.6 Å². The van der Waals surface area contributed by atoms with Crippen molar-refractivity contribution in [2.75, 3.05) is 13.1 Å². The van der Waals surface area contributed by atoms with E-state index in [1.807, 2.05) is 25.1 Å². The van der Waals surface area contributed by atoms with Gasteiger partial charge in [-0.15, -0.1) is 0 Å². The van der Waals surface area contributed by atoms with Gasteiger partial charge in [0, 0.05) is 23.7 Å². The van der Waals surface area contributed by atoms with Crippen molar-refractivity contribution >= 4 is 17.6 Å². The van der Waals surface area contributed by atoms with Crippen LogP contribution in [0.25, 0.3) is 11.4 Å². The third-order valence-corrected chi connectivity index (χ3v) is 3.76. The molecule has 1 fully saturated rings. The zero-order valence-electron chi connectivity index (χ0n) is 13.1. The molecule has 122 valence electrons. The maximum atomic E-state index is 5.98. The summed E-state index contributed by atoms with van der Waals surface area (Å²) in [4.78, 5) is 8.84. The number of hydrogen-bond donors (Lipinski definition) is 2. The topological polar surface area (TPSA) is 75.3 Å². The number of guanidine groups is 1. The van der Waals surface area contributed by atoms with Crippen molar-refractivity contribution < 1.29 is 4.52 Å². The maximum Gasteiger partial charge on any atom is 0.248 e. The van der Waals surface area contributed by atoms with E-state index in [0.717, 1.165) is 30.5 Å². The number of halogens is 1. The Labute approximate surface area is 140 Å². The molecule has 0 bridgehead atoms. The third kappa shape index (κ3) is 4.69. The van der Waals surface area contributed by atoms with Gasteiger partial charge in [0.05, 0.1) is 0 Å². The van der Waals surface area contributed by atoms with Gasteiger partial charge in [-0.3, -0.25) is 0 Å². The molecule has 6 nitrogen and oxygen atoms in total. The summed E-state index contributed by atoms with van der Waals surface area (Å²) in [6.45, 7) is 4.16. The Kier molecular flexibility index (Phi) is 5.12. The summed E-state index contributed by atoms with van der Waals surface area (Å²) in [7, 11) is 0. The van der Waals surface area contributed by atoms with E-state index in [1.54, 1.807) is 6.07 Å². The van der Waals surface area contributed by atoms with E-state index >= 15 is 0 Å². The zero-order chi connectivity index (χ0) is 16.1. The van der Waals surface area contributed by atoms with E-state index in [4.69, 9.17) is 16.1 Å². The van der Waals surface area contributed by atoms with Gasteiger partial charge in [-0.05, 0) is 37.8 Å². The fourth-order valence-electron chi connectivity index (χ4n) is 2.12. The second-order valence-corrected chi connectivity index (χ2v) is 5.98. The van der Waals surface area contributed by atoms with Gasteiger partial charge < -0.3 is 15.2 Å². The van der Waals surface area contributed by atoms with E-state index in [0.29, 0.717) is 23.3 Å². The minimum atomic E-state index is 0.341. The van der Waals surface area contributed by atoms with Crippen molar-refractivity contribution in [3.63, 3.8) is 0 Å². The first kappa shape index (κ1) is 15.8. The second kappa shape index (κ2) is 7.46. The van der Waals surface area contributed by atoms with E-state index < -0.39 is 0 Å². The van der Waals surface area contributed by atoms with Crippen LogP contribution in [0.15, 0.2) is 33.8 Å². The van der Waals surface area contributed by atoms with Crippen molar-refractivity contribution in [2.24, 2.45) is 10.9 Å². The van der Waals surface area contributed by atoms with Gasteiger partial charge in [0.25, 0.3) is 0 Å². The predicted molar refractivity (Wildman–Crippen MR) is 90.3 cm³/mol. The van der Waals surface area contributed by atoms with E-state index in [2.05, 4.69) is 25.8 Å². The molecule has 1 aliphatic carbocycles. The van der Waals surface area contributed by atoms with E-state index in [9.17, 15) is 0 Å². The molecule has 0 amide bonds. The first-order valence-electron chi connectivity index (χ1n) is 7.85. The molecule has 0 spiro atoms. The van der Waals surface area contributed by atoms with Crippen LogP contribution < -0.4 is 10.6 Å². The summed E-state index contributed by atoms with van der Waals surface area (Å²) < 4.78 is 5.26. The largest absolute Gasteiger partial charge is 0.357 e. The Morgan fingerprint density at radius 3 is 3.00 bits per heavy atom. The van der Waals surface area contributed by atoms with Crippen LogP contribution in [0.2, 0.25) is 5.02 Å². The molecule has 2 N–H and O–H groups in total. The Morgan fingerprint density at radius 2 is 2.26 bits per heavy atom. The molecule has 1 aromatic carbocycles. The standard InChI is InChI=1S/C16H20ClN5O/c1-2-18-16(19-9-11-6-7-11)20-10-14-21-15(22-23-14)12-4-3-5-13(17)8-12/h3-5,8,11H,2,6-7,9-10H2,1H3,(H2,18,19,20). The molecule has 1 aliphatic rings. The Bertz CT molecular complexity index is 681. The van der Waals surface area contributed by atoms with Crippen LogP contribution in [0.5, 0.6) is 0 Å². The molecule has 2 aromatic rings. The van der Waals surface area contributed by atoms with Crippen LogP contribution in [0.3, 0.4) is 0 Å². The molecule has 1 saturated carbocycles. The lowest BCUT2D eigenvalue weighted by molar-refractivity contribution is 0.380. The minimum absolute atomic E-state index is 0.341. The molecule has 0 atom stereocenters. The van der Waals surface area contributed by atoms with Gasteiger partial charge in [-0.25, -0.2) is 4.99 Å². The van der Waals surface area contributed by atoms with Gasteiger partial charge in [0.2, 0.25) is 11.7 Å². The normalized spacial score (nSPS) is 14.8. The van der Waals surface area contributed by atoms with E-state index in [1.165, 1.54) is 12.8 Å². The third-order valence-electron chi connectivity index (χ3n) is 3.52. The summed E-state index contributed by atoms with van der Waals surface area (Å²) in [6, 6.07) is 7.37. The van der Waals surface area contributed by atoms with Crippen LogP contribution in [-0.2, 0) is 6.54 Å². The summed E-state index contributed by atoms with van der Waals surface area (Å²) >= 11 is 5.98. The number of nitrogens with zero attached hydrogens (tertiary/aromatic N) is 3. The molecule has 0 saturated heterocycles. The zero-order valence-corrected chi connectivity index (χ0v) is 13.8. The molecule has 1 heterocycles. The predicted octanol–water partition coefficient (Wildman–Crippen LogP) is 2.86. The quantitative estimate of drug-likeness (QED) is 0.628. The molecule has 3 rings (SSSR count). The van der Waals surface area contributed by atoms with Crippen LogP contribution in [-0.4, -0.2) is 29.2 Å². The van der Waals surface area contributed by atoms with Gasteiger partial charge >= 0.3 is 0 Å². The van der Waals surface area contributed by atoms with Crippen molar-refractivity contribution in [3.8, 4) is 11.4 Å². The van der Waals surface area contributed by atoms with Crippen LogP contribution in [0.4, 0.5) is 0 Å². The smallest absolute Gasteiger partial charge is 0.248 e. The highest BCUT2D eigenvalue weighted by atomic mass is 35.5. The summed E-state index contributed by atoms with van der Waals surface area (Å²) in [5.74, 6) is 2.57. The molecule has 0 aliphatic heterocycles. The lowest BCUT2D eigenvalue weighted by atomic mass is 10.2. The molecule has 23 heavy (non-hydrogen) atoms. The Morgan fingerprint density at radius 1 is 1.39 bits per heavy atom. The molecular weight excluding hydrogens is 314 g/mol. The van der Waals surface area contributed by atoms with Gasteiger partial charge in [-0.2, -0.15) is 4.98 Å². The Balaban J connectivity index is 1.63. The monoisotopic (exact) mass is 333 g/mol. The van der Waals surface area contributed by atoms with E-state index in [-0.39, 0.29) is 0 Å². The van der Waals surface area contributed by atoms with Crippen molar-refractivity contribution in [3.05, 3.63) is 35.2 Å². The number of nitrogens with one attached hydrogen (secondary N) is 2. The second-order valence-electron chi connectivity index (χ2n) is 5.54. The lowest BCUT2D eigenvalue weighted by Gasteiger charge is -2.09. The van der Waals surface area contributed by atoms with Crippen molar-refractivity contribution in [2.45, 2.75) is 26.3 Å². The van der Waals surface area contributed by atoms with Gasteiger partial charge in [0.1, 0.15) is 6.54 Å². The molecule has 0 radical (unpaired) electrons. The summed E-state index contributed by atoms with van der Waals surface area (Å²) in [6.07, 6.45) is 2.61. The Hall–Kier alpha value is -2.08. The SMILES string of the molecule is CCNC(=NCc1nc(-c2cccc(Cl)c2)no1)NCC1CC1. The number of hydrogen-bond acceptors (Lipinski definition) is 4. The molecule has 7 heteroatoms. The van der Waals surface area contributed by atoms with Crippen LogP contribution in [0.1, 0.15) is 25.7 Å².